The summed E-state index contributed by atoms with van der Waals surface area (Å²) in [6.07, 6.45) is 0. The van der Waals surface area contributed by atoms with E-state index < -0.39 is 0 Å². The molecule has 0 aliphatic rings. The minimum Gasteiger partial charge on any atom is -0.508 e. The third kappa shape index (κ3) is 3.52. The van der Waals surface area contributed by atoms with Crippen LogP contribution in [0.4, 0.5) is 0 Å². The van der Waals surface area contributed by atoms with Gasteiger partial charge in [0.2, 0.25) is 0 Å². The summed E-state index contributed by atoms with van der Waals surface area (Å²) in [5.41, 5.74) is 5.74. The van der Waals surface area contributed by atoms with Crippen molar-refractivity contribution in [2.45, 2.75) is 59.3 Å². The second-order valence-corrected chi connectivity index (χ2v) is 7.24. The Bertz CT molecular complexity index is 668. The van der Waals surface area contributed by atoms with Crippen LogP contribution in [0.1, 0.15) is 76.0 Å². The van der Waals surface area contributed by atoms with Crippen molar-refractivity contribution in [3.63, 3.8) is 0 Å². The van der Waals surface area contributed by atoms with Crippen molar-refractivity contribution >= 4 is 0 Å². The molecule has 2 nitrogen and oxygen atoms in total. The summed E-state index contributed by atoms with van der Waals surface area (Å²) in [6.45, 7) is 13.2. The lowest BCUT2D eigenvalue weighted by Crippen LogP contribution is -2.03. The van der Waals surface area contributed by atoms with Crippen molar-refractivity contribution in [2.24, 2.45) is 0 Å². The van der Waals surface area contributed by atoms with Crippen LogP contribution in [0.2, 0.25) is 0 Å². The molecule has 23 heavy (non-hydrogen) atoms. The average molecular weight is 312 g/mol. The summed E-state index contributed by atoms with van der Waals surface area (Å²) in [5, 5.41) is 20.0. The maximum atomic E-state index is 10.4. The Morgan fingerprint density at radius 1 is 0.696 bits per heavy atom. The molecule has 2 N–H and O–H groups in total. The van der Waals surface area contributed by atoms with E-state index in [9.17, 15) is 10.2 Å². The van der Waals surface area contributed by atoms with E-state index in [1.54, 1.807) is 6.07 Å². The van der Waals surface area contributed by atoms with Crippen LogP contribution in [0.3, 0.4) is 0 Å². The first-order chi connectivity index (χ1) is 10.7. The van der Waals surface area contributed by atoms with Gasteiger partial charge < -0.3 is 10.2 Å². The minimum atomic E-state index is 0.0854. The third-order valence-electron chi connectivity index (χ3n) is 4.38. The smallest absolute Gasteiger partial charge is 0.127 e. The first-order valence-electron chi connectivity index (χ1n) is 8.42. The summed E-state index contributed by atoms with van der Waals surface area (Å²) >= 11 is 0. The molecule has 0 bridgehead atoms. The summed E-state index contributed by atoms with van der Waals surface area (Å²) in [4.78, 5) is 0. The van der Waals surface area contributed by atoms with Gasteiger partial charge in [0.25, 0.3) is 0 Å². The van der Waals surface area contributed by atoms with E-state index in [1.165, 1.54) is 22.8 Å². The van der Waals surface area contributed by atoms with Crippen LogP contribution in [0, 0.1) is 0 Å². The Morgan fingerprint density at radius 2 is 1.22 bits per heavy atom. The number of rotatable bonds is 4. The second kappa shape index (κ2) is 6.66. The van der Waals surface area contributed by atoms with Gasteiger partial charge in [0, 0.05) is 11.6 Å². The van der Waals surface area contributed by atoms with Gasteiger partial charge in [-0.15, -0.1) is 0 Å². The van der Waals surface area contributed by atoms with Gasteiger partial charge in [-0.3, -0.25) is 0 Å². The van der Waals surface area contributed by atoms with Gasteiger partial charge in [-0.05, 0) is 52.1 Å². The van der Waals surface area contributed by atoms with E-state index in [0.29, 0.717) is 17.8 Å². The van der Waals surface area contributed by atoms with E-state index >= 15 is 0 Å². The first-order valence-corrected chi connectivity index (χ1v) is 8.42. The van der Waals surface area contributed by atoms with Crippen LogP contribution >= 0.6 is 0 Å². The van der Waals surface area contributed by atoms with E-state index in [4.69, 9.17) is 0 Å². The van der Waals surface area contributed by atoms with Crippen molar-refractivity contribution in [1.29, 1.82) is 0 Å². The highest BCUT2D eigenvalue weighted by molar-refractivity contribution is 5.78. The Balaban J connectivity index is 2.83. The molecule has 2 aromatic rings. The number of phenolic OH excluding ortho intramolecular Hbond substituents is 2. The van der Waals surface area contributed by atoms with Gasteiger partial charge in [-0.25, -0.2) is 0 Å². The highest BCUT2D eigenvalue weighted by Gasteiger charge is 2.20. The van der Waals surface area contributed by atoms with Crippen molar-refractivity contribution in [2.75, 3.05) is 0 Å². The molecule has 0 aliphatic carbocycles. The van der Waals surface area contributed by atoms with Gasteiger partial charge in [-0.1, -0.05) is 53.7 Å². The van der Waals surface area contributed by atoms with Gasteiger partial charge >= 0.3 is 0 Å². The van der Waals surface area contributed by atoms with E-state index in [0.717, 1.165) is 11.1 Å². The molecule has 0 amide bonds. The molecule has 2 rings (SSSR count). The van der Waals surface area contributed by atoms with Gasteiger partial charge in [0.1, 0.15) is 11.5 Å². The molecular formula is C21H28O2. The largest absolute Gasteiger partial charge is 0.508 e. The standard InChI is InChI=1S/C21H28O2/c1-12(2)15-9-18(13(3)4)21(19(10-15)14(5)6)17-8-7-16(22)11-20(17)23/h7-14,22-23H,1-6H3. The minimum absolute atomic E-state index is 0.0854. The lowest BCUT2D eigenvalue weighted by Gasteiger charge is -2.23. The summed E-state index contributed by atoms with van der Waals surface area (Å²) in [7, 11) is 0. The van der Waals surface area contributed by atoms with E-state index in [1.807, 2.05) is 6.07 Å². The predicted octanol–water partition coefficient (Wildman–Crippen LogP) is 6.14. The van der Waals surface area contributed by atoms with Crippen molar-refractivity contribution in [1.82, 2.24) is 0 Å². The molecule has 0 unspecified atom stereocenters. The predicted molar refractivity (Wildman–Crippen MR) is 97.5 cm³/mol. The van der Waals surface area contributed by atoms with Gasteiger partial charge in [0.15, 0.2) is 0 Å². The SMILES string of the molecule is CC(C)c1cc(C(C)C)c(-c2ccc(O)cc2O)c(C(C)C)c1. The molecule has 0 aromatic heterocycles. The molecule has 0 saturated carbocycles. The van der Waals surface area contributed by atoms with E-state index in [-0.39, 0.29) is 11.5 Å². The maximum absolute atomic E-state index is 10.4. The van der Waals surface area contributed by atoms with Crippen LogP contribution in [-0.2, 0) is 0 Å². The lowest BCUT2D eigenvalue weighted by atomic mass is 9.81. The molecule has 0 aliphatic heterocycles. The fraction of sp³-hybridized carbons (Fsp3) is 0.429. The average Bonchev–Trinajstić information content (AvgIpc) is 2.45. The zero-order valence-electron chi connectivity index (χ0n) is 15.0. The van der Waals surface area contributed by atoms with Crippen LogP contribution < -0.4 is 0 Å². The molecule has 0 radical (unpaired) electrons. The van der Waals surface area contributed by atoms with Crippen molar-refractivity contribution in [3.8, 4) is 22.6 Å². The maximum Gasteiger partial charge on any atom is 0.127 e. The Morgan fingerprint density at radius 3 is 1.61 bits per heavy atom. The van der Waals surface area contributed by atoms with Crippen LogP contribution in [0.25, 0.3) is 11.1 Å². The fourth-order valence-electron chi connectivity index (χ4n) is 3.00. The zero-order valence-corrected chi connectivity index (χ0v) is 15.0. The van der Waals surface area contributed by atoms with E-state index in [2.05, 4.69) is 53.7 Å². The lowest BCUT2D eigenvalue weighted by molar-refractivity contribution is 0.452. The monoisotopic (exact) mass is 312 g/mol. The molecule has 2 heteroatoms. The van der Waals surface area contributed by atoms with Crippen molar-refractivity contribution in [3.05, 3.63) is 47.0 Å². The Kier molecular flexibility index (Phi) is 5.03. The van der Waals surface area contributed by atoms with Crippen LogP contribution in [0.5, 0.6) is 11.5 Å². The summed E-state index contributed by atoms with van der Waals surface area (Å²) in [6, 6.07) is 9.40. The van der Waals surface area contributed by atoms with Crippen molar-refractivity contribution < 1.29 is 10.2 Å². The molecule has 0 heterocycles. The highest BCUT2D eigenvalue weighted by Crippen LogP contribution is 2.42. The number of hydrogen-bond acceptors (Lipinski definition) is 2. The normalized spacial score (nSPS) is 11.7. The highest BCUT2D eigenvalue weighted by atomic mass is 16.3. The molecular weight excluding hydrogens is 284 g/mol. The zero-order chi connectivity index (χ0) is 17.3. The van der Waals surface area contributed by atoms with Gasteiger partial charge in [0.05, 0.1) is 0 Å². The third-order valence-corrected chi connectivity index (χ3v) is 4.38. The first kappa shape index (κ1) is 17.4. The number of hydrogen-bond donors (Lipinski definition) is 2. The summed E-state index contributed by atoms with van der Waals surface area (Å²) in [5.74, 6) is 1.39. The molecule has 0 spiro atoms. The van der Waals surface area contributed by atoms with Gasteiger partial charge in [-0.2, -0.15) is 0 Å². The quantitative estimate of drug-likeness (QED) is 0.712. The number of phenols is 2. The number of aromatic hydroxyl groups is 2. The summed E-state index contributed by atoms with van der Waals surface area (Å²) < 4.78 is 0. The molecule has 0 fully saturated rings. The molecule has 0 atom stereocenters. The Labute approximate surface area is 139 Å². The topological polar surface area (TPSA) is 40.5 Å². The molecule has 2 aromatic carbocycles. The molecule has 124 valence electrons. The fourth-order valence-corrected chi connectivity index (χ4v) is 3.00. The van der Waals surface area contributed by atoms with Crippen LogP contribution in [-0.4, -0.2) is 10.2 Å². The Hall–Kier alpha value is -1.96. The number of benzene rings is 2. The molecule has 0 saturated heterocycles. The second-order valence-electron chi connectivity index (χ2n) is 7.24. The van der Waals surface area contributed by atoms with Crippen LogP contribution in [0.15, 0.2) is 30.3 Å².